The summed E-state index contributed by atoms with van der Waals surface area (Å²) in [6.07, 6.45) is 3.23. The molecule has 88 valence electrons. The summed E-state index contributed by atoms with van der Waals surface area (Å²) in [4.78, 5) is 4.01. The summed E-state index contributed by atoms with van der Waals surface area (Å²) < 4.78 is 0.847. The highest BCUT2D eigenvalue weighted by atomic mass is 79.9. The molecule has 1 aromatic carbocycles. The number of phenolic OH excluding ortho intramolecular Hbond substituents is 1. The number of nitrogens with zero attached hydrogens (tertiary/aromatic N) is 1. The third-order valence-corrected chi connectivity index (χ3v) is 2.91. The van der Waals surface area contributed by atoms with E-state index in [2.05, 4.69) is 20.9 Å². The number of pyridine rings is 1. The van der Waals surface area contributed by atoms with Crippen molar-refractivity contribution in [2.45, 2.75) is 12.5 Å². The smallest absolute Gasteiger partial charge is 0.115 e. The number of aliphatic hydroxyl groups is 1. The Balaban J connectivity index is 2.11. The summed E-state index contributed by atoms with van der Waals surface area (Å²) in [6, 6.07) is 8.66. The molecule has 1 aromatic heterocycles. The molecule has 0 saturated heterocycles. The quantitative estimate of drug-likeness (QED) is 0.915. The van der Waals surface area contributed by atoms with Crippen LogP contribution in [0.5, 0.6) is 5.75 Å². The zero-order valence-electron chi connectivity index (χ0n) is 9.05. The van der Waals surface area contributed by atoms with Crippen LogP contribution in [0.15, 0.2) is 47.2 Å². The van der Waals surface area contributed by atoms with E-state index in [4.69, 9.17) is 5.11 Å². The van der Waals surface area contributed by atoms with Gasteiger partial charge in [-0.3, -0.25) is 4.98 Å². The average molecular weight is 294 g/mol. The molecule has 3 nitrogen and oxygen atoms in total. The fraction of sp³-hybridized carbons (Fsp3) is 0.154. The van der Waals surface area contributed by atoms with Crippen molar-refractivity contribution in [3.8, 4) is 5.75 Å². The van der Waals surface area contributed by atoms with Gasteiger partial charge in [-0.15, -0.1) is 0 Å². The summed E-state index contributed by atoms with van der Waals surface area (Å²) in [6.45, 7) is 0. The molecule has 2 N–H and O–H groups in total. The van der Waals surface area contributed by atoms with E-state index in [0.29, 0.717) is 6.42 Å². The van der Waals surface area contributed by atoms with Crippen LogP contribution in [0, 0.1) is 0 Å². The molecule has 2 rings (SSSR count). The lowest BCUT2D eigenvalue weighted by atomic mass is 10.0. The highest BCUT2D eigenvalue weighted by Gasteiger charge is 2.09. The highest BCUT2D eigenvalue weighted by Crippen LogP contribution is 2.21. The van der Waals surface area contributed by atoms with Gasteiger partial charge in [-0.2, -0.15) is 0 Å². The molecule has 1 heterocycles. The van der Waals surface area contributed by atoms with Gasteiger partial charge in [0.25, 0.3) is 0 Å². The SMILES string of the molecule is Oc1ccc(CC(O)c2cncc(Br)c2)cc1. The van der Waals surface area contributed by atoms with Crippen molar-refractivity contribution >= 4 is 15.9 Å². The minimum Gasteiger partial charge on any atom is -0.508 e. The van der Waals surface area contributed by atoms with Crippen molar-refractivity contribution in [2.75, 3.05) is 0 Å². The zero-order valence-corrected chi connectivity index (χ0v) is 10.6. The third-order valence-electron chi connectivity index (χ3n) is 2.48. The third kappa shape index (κ3) is 3.28. The average Bonchev–Trinajstić information content (AvgIpc) is 2.32. The van der Waals surface area contributed by atoms with E-state index in [0.717, 1.165) is 15.6 Å². The molecule has 0 bridgehead atoms. The summed E-state index contributed by atoms with van der Waals surface area (Å²) in [5, 5.41) is 19.2. The van der Waals surface area contributed by atoms with Crippen molar-refractivity contribution in [2.24, 2.45) is 0 Å². The van der Waals surface area contributed by atoms with Gasteiger partial charge in [0.2, 0.25) is 0 Å². The van der Waals surface area contributed by atoms with E-state index in [1.54, 1.807) is 36.7 Å². The Hall–Kier alpha value is -1.39. The Kier molecular flexibility index (Phi) is 3.76. The molecule has 0 saturated carbocycles. The number of aliphatic hydroxyl groups excluding tert-OH is 1. The number of hydrogen-bond donors (Lipinski definition) is 2. The zero-order chi connectivity index (χ0) is 12.3. The normalized spacial score (nSPS) is 12.4. The van der Waals surface area contributed by atoms with E-state index < -0.39 is 6.10 Å². The molecular formula is C13H12BrNO2. The number of aromatic hydroxyl groups is 1. The first-order chi connectivity index (χ1) is 8.15. The maximum atomic E-state index is 10.0. The van der Waals surface area contributed by atoms with Crippen LogP contribution in [0.4, 0.5) is 0 Å². The van der Waals surface area contributed by atoms with Crippen molar-refractivity contribution in [1.29, 1.82) is 0 Å². The van der Waals surface area contributed by atoms with Crippen LogP contribution < -0.4 is 0 Å². The molecule has 0 spiro atoms. The molecule has 1 atom stereocenters. The first-order valence-electron chi connectivity index (χ1n) is 5.21. The van der Waals surface area contributed by atoms with Gasteiger partial charge in [-0.1, -0.05) is 12.1 Å². The topological polar surface area (TPSA) is 53.4 Å². The Morgan fingerprint density at radius 1 is 1.18 bits per heavy atom. The molecule has 0 radical (unpaired) electrons. The van der Waals surface area contributed by atoms with Crippen LogP contribution >= 0.6 is 15.9 Å². The second-order valence-electron chi connectivity index (χ2n) is 3.82. The van der Waals surface area contributed by atoms with E-state index >= 15 is 0 Å². The standard InChI is InChI=1S/C13H12BrNO2/c14-11-6-10(7-15-8-11)13(17)5-9-1-3-12(16)4-2-9/h1-4,6-8,13,16-17H,5H2. The second-order valence-corrected chi connectivity index (χ2v) is 4.74. The van der Waals surface area contributed by atoms with E-state index in [1.165, 1.54) is 0 Å². The predicted molar refractivity (Wildman–Crippen MR) is 68.7 cm³/mol. The lowest BCUT2D eigenvalue weighted by Crippen LogP contribution is -2.02. The van der Waals surface area contributed by atoms with E-state index in [-0.39, 0.29) is 5.75 Å². The summed E-state index contributed by atoms with van der Waals surface area (Å²) in [7, 11) is 0. The molecule has 0 aliphatic carbocycles. The molecule has 0 aliphatic rings. The monoisotopic (exact) mass is 293 g/mol. The number of halogens is 1. The fourth-order valence-corrected chi connectivity index (χ4v) is 1.97. The van der Waals surface area contributed by atoms with Gasteiger partial charge in [0, 0.05) is 28.9 Å². The van der Waals surface area contributed by atoms with E-state index in [9.17, 15) is 5.11 Å². The lowest BCUT2D eigenvalue weighted by molar-refractivity contribution is 0.178. The summed E-state index contributed by atoms with van der Waals surface area (Å²) in [5.41, 5.74) is 1.74. The molecular weight excluding hydrogens is 282 g/mol. The first-order valence-corrected chi connectivity index (χ1v) is 6.01. The molecule has 1 unspecified atom stereocenters. The summed E-state index contributed by atoms with van der Waals surface area (Å²) >= 11 is 3.32. The van der Waals surface area contributed by atoms with Gasteiger partial charge < -0.3 is 10.2 Å². The van der Waals surface area contributed by atoms with Crippen LogP contribution in [0.1, 0.15) is 17.2 Å². The highest BCUT2D eigenvalue weighted by molar-refractivity contribution is 9.10. The van der Waals surface area contributed by atoms with Crippen LogP contribution in [0.2, 0.25) is 0 Å². The van der Waals surface area contributed by atoms with Crippen molar-refractivity contribution in [1.82, 2.24) is 4.98 Å². The minimum atomic E-state index is -0.593. The van der Waals surface area contributed by atoms with Crippen LogP contribution in [-0.2, 0) is 6.42 Å². The Morgan fingerprint density at radius 3 is 2.53 bits per heavy atom. The Morgan fingerprint density at radius 2 is 1.88 bits per heavy atom. The predicted octanol–water partition coefficient (Wildman–Crippen LogP) is 2.83. The Bertz CT molecular complexity index is 499. The maximum absolute atomic E-state index is 10.0. The summed E-state index contributed by atoms with van der Waals surface area (Å²) in [5.74, 6) is 0.229. The fourth-order valence-electron chi connectivity index (χ4n) is 1.58. The number of rotatable bonds is 3. The molecule has 17 heavy (non-hydrogen) atoms. The van der Waals surface area contributed by atoms with E-state index in [1.807, 2.05) is 6.07 Å². The molecule has 0 aliphatic heterocycles. The minimum absolute atomic E-state index is 0.229. The molecule has 0 fully saturated rings. The van der Waals surface area contributed by atoms with Gasteiger partial charge in [0.15, 0.2) is 0 Å². The first kappa shape index (κ1) is 12.1. The van der Waals surface area contributed by atoms with Crippen molar-refractivity contribution in [3.05, 3.63) is 58.3 Å². The Labute approximate surface area is 108 Å². The number of hydrogen-bond acceptors (Lipinski definition) is 3. The largest absolute Gasteiger partial charge is 0.508 e. The molecule has 0 amide bonds. The van der Waals surface area contributed by atoms with Crippen molar-refractivity contribution in [3.63, 3.8) is 0 Å². The number of aromatic nitrogens is 1. The van der Waals surface area contributed by atoms with Gasteiger partial charge in [0.05, 0.1) is 6.10 Å². The van der Waals surface area contributed by atoms with Crippen LogP contribution in [-0.4, -0.2) is 15.2 Å². The van der Waals surface area contributed by atoms with Gasteiger partial charge in [-0.25, -0.2) is 0 Å². The lowest BCUT2D eigenvalue weighted by Gasteiger charge is -2.11. The number of phenols is 1. The maximum Gasteiger partial charge on any atom is 0.115 e. The number of benzene rings is 1. The molecule has 2 aromatic rings. The van der Waals surface area contributed by atoms with Gasteiger partial charge in [-0.05, 0) is 39.7 Å². The van der Waals surface area contributed by atoms with Gasteiger partial charge in [0.1, 0.15) is 5.75 Å². The van der Waals surface area contributed by atoms with Crippen LogP contribution in [0.25, 0.3) is 0 Å². The van der Waals surface area contributed by atoms with Crippen LogP contribution in [0.3, 0.4) is 0 Å². The van der Waals surface area contributed by atoms with Crippen molar-refractivity contribution < 1.29 is 10.2 Å². The second kappa shape index (κ2) is 5.29. The molecule has 4 heteroatoms. The van der Waals surface area contributed by atoms with Gasteiger partial charge >= 0.3 is 0 Å².